The van der Waals surface area contributed by atoms with E-state index in [1.165, 1.54) is 13.0 Å². The number of allylic oxidation sites excluding steroid dienone is 1. The summed E-state index contributed by atoms with van der Waals surface area (Å²) in [5.74, 6) is -1.45. The normalized spacial score (nSPS) is 14.4. The van der Waals surface area contributed by atoms with Crippen LogP contribution in [0.25, 0.3) is 6.08 Å². The van der Waals surface area contributed by atoms with E-state index < -0.39 is 24.4 Å². The Morgan fingerprint density at radius 3 is 2.84 bits per heavy atom. The summed E-state index contributed by atoms with van der Waals surface area (Å²) in [5.41, 5.74) is 1.37. The van der Waals surface area contributed by atoms with Gasteiger partial charge in [0, 0.05) is 18.3 Å². The number of halogens is 4. The number of ether oxygens (including phenoxy) is 1. The Balaban J connectivity index is 1.91. The monoisotopic (exact) mass is 469 g/mol. The third-order valence-electron chi connectivity index (χ3n) is 4.54. The van der Waals surface area contributed by atoms with Gasteiger partial charge in [0.1, 0.15) is 23.7 Å². The van der Waals surface area contributed by atoms with Crippen molar-refractivity contribution < 1.29 is 27.1 Å². The molecule has 0 aliphatic carbocycles. The number of nitrogens with one attached hydrogen (secondary N) is 2. The van der Waals surface area contributed by atoms with Crippen LogP contribution in [0.2, 0.25) is 0 Å². The van der Waals surface area contributed by atoms with Crippen LogP contribution >= 0.6 is 11.9 Å². The topological polar surface area (TPSA) is 92.0 Å². The molecule has 1 atom stereocenters. The van der Waals surface area contributed by atoms with Crippen molar-refractivity contribution in [3.8, 4) is 6.07 Å². The Labute approximate surface area is 185 Å². The Morgan fingerprint density at radius 2 is 2.16 bits per heavy atom. The number of aromatic nitrogens is 2. The molecular weight excluding hydrogens is 450 g/mol. The molecule has 2 aromatic rings. The van der Waals surface area contributed by atoms with E-state index in [0.717, 1.165) is 30.9 Å². The summed E-state index contributed by atoms with van der Waals surface area (Å²) in [6.45, 7) is 3.41. The molecule has 32 heavy (non-hydrogen) atoms. The van der Waals surface area contributed by atoms with Gasteiger partial charge in [0.25, 0.3) is 5.91 Å². The molecule has 1 aliphatic heterocycles. The van der Waals surface area contributed by atoms with Gasteiger partial charge in [0.2, 0.25) is 5.95 Å². The lowest BCUT2D eigenvalue weighted by Gasteiger charge is -2.16. The number of hydrogen-bond donors (Lipinski definition) is 2. The summed E-state index contributed by atoms with van der Waals surface area (Å²) in [4.78, 5) is 17.1. The molecular formula is C20H19F4N5O2S. The Hall–Kier alpha value is -2.88. The Kier molecular flexibility index (Phi) is 7.22. The van der Waals surface area contributed by atoms with Crippen molar-refractivity contribution in [3.63, 3.8) is 0 Å². The second-order valence-electron chi connectivity index (χ2n) is 6.94. The fourth-order valence-corrected chi connectivity index (χ4v) is 4.17. The van der Waals surface area contributed by atoms with Crippen molar-refractivity contribution >= 4 is 29.6 Å². The van der Waals surface area contributed by atoms with Crippen LogP contribution in [0.15, 0.2) is 23.1 Å². The van der Waals surface area contributed by atoms with Gasteiger partial charge in [-0.1, -0.05) is 6.08 Å². The summed E-state index contributed by atoms with van der Waals surface area (Å²) >= 11 is 0.933. The molecule has 0 saturated carbocycles. The zero-order valence-electron chi connectivity index (χ0n) is 17.1. The van der Waals surface area contributed by atoms with Crippen LogP contribution in [-0.2, 0) is 11.3 Å². The quantitative estimate of drug-likeness (QED) is 0.275. The number of nitrogens with zero attached hydrogens (tertiary/aromatic N) is 3. The van der Waals surface area contributed by atoms with Crippen LogP contribution in [0.1, 0.15) is 47.2 Å². The Bertz CT molecular complexity index is 1090. The van der Waals surface area contributed by atoms with Crippen LogP contribution in [0, 0.1) is 24.2 Å². The molecule has 1 amide bonds. The van der Waals surface area contributed by atoms with Crippen LogP contribution in [0.3, 0.4) is 0 Å². The average molecular weight is 469 g/mol. The maximum absolute atomic E-state index is 13.6. The van der Waals surface area contributed by atoms with E-state index in [9.17, 15) is 22.4 Å². The van der Waals surface area contributed by atoms with Crippen molar-refractivity contribution in [2.24, 2.45) is 0 Å². The molecule has 0 spiro atoms. The number of carbonyl (C=O) groups excluding carboxylic acids is 1. The molecule has 2 aromatic heterocycles. The molecule has 2 N–H and O–H groups in total. The molecule has 3 heterocycles. The summed E-state index contributed by atoms with van der Waals surface area (Å²) < 4.78 is 59.3. The van der Waals surface area contributed by atoms with Crippen LogP contribution < -0.4 is 10.0 Å². The molecule has 1 unspecified atom stereocenters. The summed E-state index contributed by atoms with van der Waals surface area (Å²) in [6.07, 6.45) is -0.842. The van der Waals surface area contributed by atoms with Gasteiger partial charge in [-0.25, -0.2) is 9.71 Å². The number of anilines is 1. The summed E-state index contributed by atoms with van der Waals surface area (Å²) in [7, 11) is 0. The fourth-order valence-electron chi connectivity index (χ4n) is 3.31. The highest BCUT2D eigenvalue weighted by molar-refractivity contribution is 7.97. The first-order valence-electron chi connectivity index (χ1n) is 9.54. The third-order valence-corrected chi connectivity index (χ3v) is 5.71. The van der Waals surface area contributed by atoms with Gasteiger partial charge >= 0.3 is 6.36 Å². The van der Waals surface area contributed by atoms with Crippen LogP contribution in [-0.4, -0.2) is 28.0 Å². The maximum Gasteiger partial charge on any atom is 0.524 e. The molecule has 0 radical (unpaired) electrons. The van der Waals surface area contributed by atoms with E-state index in [1.807, 2.05) is 12.2 Å². The first-order chi connectivity index (χ1) is 15.1. The predicted molar refractivity (Wildman–Crippen MR) is 110 cm³/mol. The zero-order valence-corrected chi connectivity index (χ0v) is 17.9. The smallest absolute Gasteiger partial charge is 0.336 e. The highest BCUT2D eigenvalue weighted by Gasteiger charge is 2.32. The average Bonchev–Trinajstić information content (AvgIpc) is 2.81. The van der Waals surface area contributed by atoms with Gasteiger partial charge in [-0.15, -0.1) is 13.2 Å². The standard InChI is InChI=1S/C20H19F4N5O2S/c1-11-17(19(30)27-13-8-14(10-25)26-16(21)9-13)29-7-5-3-4-6-15(29)18(11)32-28-12(2)31-20(22,23)24/h4,6,8-9,12,28H,3,5,7H2,1-2H3,(H,26,27,30). The first kappa shape index (κ1) is 23.8. The summed E-state index contributed by atoms with van der Waals surface area (Å²) in [6, 6.07) is 3.96. The first-order valence-corrected chi connectivity index (χ1v) is 10.4. The molecule has 0 fully saturated rings. The van der Waals surface area contributed by atoms with E-state index in [1.54, 1.807) is 17.6 Å². The summed E-state index contributed by atoms with van der Waals surface area (Å²) in [5, 5.41) is 11.5. The van der Waals surface area contributed by atoms with Gasteiger partial charge in [-0.05, 0) is 56.3 Å². The minimum absolute atomic E-state index is 0.0673. The van der Waals surface area contributed by atoms with Gasteiger partial charge in [0.05, 0.1) is 10.6 Å². The van der Waals surface area contributed by atoms with Gasteiger partial charge < -0.3 is 9.88 Å². The van der Waals surface area contributed by atoms with Crippen molar-refractivity contribution in [1.82, 2.24) is 14.3 Å². The van der Waals surface area contributed by atoms with Crippen molar-refractivity contribution in [1.29, 1.82) is 5.26 Å². The number of fused-ring (bicyclic) bond motifs is 1. The third kappa shape index (κ3) is 5.67. The SMILES string of the molecule is Cc1c(SNC(C)OC(F)(F)F)c2n(c1C(=O)Nc1cc(F)nc(C#N)c1)CCCC=C2. The number of hydrogen-bond acceptors (Lipinski definition) is 6. The van der Waals surface area contributed by atoms with Crippen molar-refractivity contribution in [2.75, 3.05) is 5.32 Å². The zero-order chi connectivity index (χ0) is 23.5. The van der Waals surface area contributed by atoms with Gasteiger partial charge in [-0.2, -0.15) is 9.65 Å². The molecule has 0 bridgehead atoms. The second kappa shape index (κ2) is 9.72. The number of nitriles is 1. The van der Waals surface area contributed by atoms with E-state index in [-0.39, 0.29) is 17.1 Å². The predicted octanol–water partition coefficient (Wildman–Crippen LogP) is 4.74. The van der Waals surface area contributed by atoms with Crippen LogP contribution in [0.5, 0.6) is 0 Å². The minimum Gasteiger partial charge on any atom is -0.336 e. The largest absolute Gasteiger partial charge is 0.524 e. The maximum atomic E-state index is 13.6. The molecule has 0 saturated heterocycles. The van der Waals surface area contributed by atoms with Crippen molar-refractivity contribution in [3.05, 3.63) is 46.8 Å². The van der Waals surface area contributed by atoms with E-state index in [0.29, 0.717) is 22.7 Å². The molecule has 7 nitrogen and oxygen atoms in total. The molecule has 0 aromatic carbocycles. The molecule has 12 heteroatoms. The molecule has 1 aliphatic rings. The highest BCUT2D eigenvalue weighted by Crippen LogP contribution is 2.34. The molecule has 170 valence electrons. The lowest BCUT2D eigenvalue weighted by molar-refractivity contribution is -0.341. The number of pyridine rings is 1. The number of carbonyl (C=O) groups is 1. The Morgan fingerprint density at radius 1 is 1.41 bits per heavy atom. The van der Waals surface area contributed by atoms with Gasteiger partial charge in [0.15, 0.2) is 0 Å². The minimum atomic E-state index is -4.78. The van der Waals surface area contributed by atoms with E-state index >= 15 is 0 Å². The van der Waals surface area contributed by atoms with E-state index in [4.69, 9.17) is 5.26 Å². The lowest BCUT2D eigenvalue weighted by Crippen LogP contribution is -2.30. The van der Waals surface area contributed by atoms with Gasteiger partial charge in [-0.3, -0.25) is 9.53 Å². The lowest BCUT2D eigenvalue weighted by atomic mass is 10.2. The number of amides is 1. The van der Waals surface area contributed by atoms with Crippen LogP contribution in [0.4, 0.5) is 23.2 Å². The number of alkyl halides is 3. The van der Waals surface area contributed by atoms with Crippen molar-refractivity contribution in [2.45, 2.75) is 50.7 Å². The number of rotatable bonds is 6. The van der Waals surface area contributed by atoms with E-state index in [2.05, 4.69) is 19.8 Å². The fraction of sp³-hybridized carbons (Fsp3) is 0.350. The second-order valence-corrected chi connectivity index (χ2v) is 7.79. The molecule has 3 rings (SSSR count). The highest BCUT2D eigenvalue weighted by atomic mass is 32.2.